The van der Waals surface area contributed by atoms with Crippen LogP contribution in [0.4, 0.5) is 5.82 Å². The normalized spacial score (nSPS) is 15.2. The van der Waals surface area contributed by atoms with E-state index in [2.05, 4.69) is 22.2 Å². The molecule has 0 spiro atoms. The predicted octanol–water partition coefficient (Wildman–Crippen LogP) is 2.25. The van der Waals surface area contributed by atoms with Gasteiger partial charge in [0.05, 0.1) is 18.4 Å². The van der Waals surface area contributed by atoms with E-state index in [1.165, 1.54) is 18.0 Å². The molecule has 0 atom stereocenters. The number of ether oxygens (including phenoxy) is 1. The van der Waals surface area contributed by atoms with Gasteiger partial charge in [-0.15, -0.1) is 0 Å². The number of anilines is 1. The van der Waals surface area contributed by atoms with Crippen LogP contribution in [0.15, 0.2) is 32.8 Å². The monoisotopic (exact) mass is 376 g/mol. The van der Waals surface area contributed by atoms with Crippen LogP contribution in [-0.4, -0.2) is 63.2 Å². The Balaban J connectivity index is 1.82. The number of pyridine rings is 1. The highest BCUT2D eigenvalue weighted by Gasteiger charge is 2.21. The average Bonchev–Trinajstić information content (AvgIpc) is 3.11. The predicted molar refractivity (Wildman–Crippen MR) is 101 cm³/mol. The summed E-state index contributed by atoms with van der Waals surface area (Å²) in [6.45, 7) is 5.85. The van der Waals surface area contributed by atoms with Crippen molar-refractivity contribution < 1.29 is 13.9 Å². The molecule has 3 heterocycles. The molecule has 140 valence electrons. The highest BCUT2D eigenvalue weighted by atomic mass is 32.2. The van der Waals surface area contributed by atoms with Gasteiger partial charge in [-0.25, -0.2) is 4.98 Å². The minimum Gasteiger partial charge on any atom is -0.493 e. The number of hydrogen-bond donors (Lipinski definition) is 1. The third-order valence-electron chi connectivity index (χ3n) is 4.41. The Bertz CT molecular complexity index is 785. The van der Waals surface area contributed by atoms with Crippen LogP contribution in [-0.2, 0) is 0 Å². The lowest BCUT2D eigenvalue weighted by atomic mass is 10.3. The third kappa shape index (κ3) is 3.96. The Morgan fingerprint density at radius 1 is 1.31 bits per heavy atom. The molecule has 3 rings (SSSR count). The second-order valence-electron chi connectivity index (χ2n) is 6.22. The first-order valence-corrected chi connectivity index (χ1v) is 9.31. The van der Waals surface area contributed by atoms with Crippen molar-refractivity contribution in [2.75, 3.05) is 52.3 Å². The number of amides is 1. The average molecular weight is 376 g/mol. The van der Waals surface area contributed by atoms with Crippen LogP contribution in [0, 0.1) is 6.92 Å². The molecule has 2 aromatic heterocycles. The molecule has 2 aromatic rings. The standard InChI is InChI=1S/C18H24N4O3S/c1-12-15(26-16-9-13(11-25-16)18(23)19-2)10-14(24-4)17(20-12)22-7-5-21(3)6-8-22/h9-11H,5-8H2,1-4H3,(H,19,23). The Kier molecular flexibility index (Phi) is 5.73. The lowest BCUT2D eigenvalue weighted by Crippen LogP contribution is -2.45. The van der Waals surface area contributed by atoms with Gasteiger partial charge in [-0.2, -0.15) is 0 Å². The molecule has 0 radical (unpaired) electrons. The van der Waals surface area contributed by atoms with Gasteiger partial charge in [-0.3, -0.25) is 4.79 Å². The molecule has 1 amide bonds. The summed E-state index contributed by atoms with van der Waals surface area (Å²) < 4.78 is 11.1. The SMILES string of the molecule is CNC(=O)c1coc(Sc2cc(OC)c(N3CCN(C)CC3)nc2C)c1. The zero-order valence-corrected chi connectivity index (χ0v) is 16.4. The van der Waals surface area contributed by atoms with Crippen LogP contribution < -0.4 is 15.0 Å². The Morgan fingerprint density at radius 3 is 2.69 bits per heavy atom. The Hall–Kier alpha value is -2.19. The topological polar surface area (TPSA) is 70.8 Å². The molecule has 1 fully saturated rings. The van der Waals surface area contributed by atoms with Crippen molar-refractivity contribution in [3.8, 4) is 5.75 Å². The van der Waals surface area contributed by atoms with E-state index in [1.807, 2.05) is 13.0 Å². The zero-order valence-electron chi connectivity index (χ0n) is 15.5. The Labute approximate surface area is 157 Å². The number of aryl methyl sites for hydroxylation is 1. The van der Waals surface area contributed by atoms with Gasteiger partial charge in [-0.05, 0) is 31.8 Å². The van der Waals surface area contributed by atoms with Gasteiger partial charge in [-0.1, -0.05) is 0 Å². The largest absolute Gasteiger partial charge is 0.493 e. The van der Waals surface area contributed by atoms with Crippen LogP contribution in [0.3, 0.4) is 0 Å². The molecule has 1 saturated heterocycles. The summed E-state index contributed by atoms with van der Waals surface area (Å²) >= 11 is 1.43. The Morgan fingerprint density at radius 2 is 2.04 bits per heavy atom. The molecule has 1 aliphatic heterocycles. The van der Waals surface area contributed by atoms with E-state index in [4.69, 9.17) is 14.1 Å². The molecule has 8 heteroatoms. The van der Waals surface area contributed by atoms with Crippen molar-refractivity contribution in [3.05, 3.63) is 29.7 Å². The summed E-state index contributed by atoms with van der Waals surface area (Å²) in [6.07, 6.45) is 1.46. The van der Waals surface area contributed by atoms with E-state index in [9.17, 15) is 4.79 Å². The fourth-order valence-electron chi connectivity index (χ4n) is 2.80. The molecule has 0 aromatic carbocycles. The molecular formula is C18H24N4O3S. The van der Waals surface area contributed by atoms with E-state index in [0.717, 1.165) is 48.3 Å². The first-order valence-electron chi connectivity index (χ1n) is 8.49. The van der Waals surface area contributed by atoms with E-state index < -0.39 is 0 Å². The molecule has 0 saturated carbocycles. The fourth-order valence-corrected chi connectivity index (χ4v) is 3.66. The van der Waals surface area contributed by atoms with Gasteiger partial charge in [0, 0.05) is 44.2 Å². The smallest absolute Gasteiger partial charge is 0.254 e. The zero-order chi connectivity index (χ0) is 18.7. The molecule has 7 nitrogen and oxygen atoms in total. The third-order valence-corrected chi connectivity index (χ3v) is 5.46. The van der Waals surface area contributed by atoms with E-state index in [1.54, 1.807) is 20.2 Å². The minimum atomic E-state index is -0.168. The van der Waals surface area contributed by atoms with Crippen LogP contribution >= 0.6 is 11.8 Å². The van der Waals surface area contributed by atoms with E-state index >= 15 is 0 Å². The highest BCUT2D eigenvalue weighted by molar-refractivity contribution is 7.99. The first kappa shape index (κ1) is 18.6. The molecule has 0 aliphatic carbocycles. The molecule has 0 bridgehead atoms. The van der Waals surface area contributed by atoms with Crippen LogP contribution in [0.2, 0.25) is 0 Å². The number of nitrogens with zero attached hydrogens (tertiary/aromatic N) is 3. The molecule has 26 heavy (non-hydrogen) atoms. The van der Waals surface area contributed by atoms with Crippen molar-refractivity contribution in [2.24, 2.45) is 0 Å². The van der Waals surface area contributed by atoms with Crippen LogP contribution in [0.25, 0.3) is 0 Å². The first-order chi connectivity index (χ1) is 12.5. The summed E-state index contributed by atoms with van der Waals surface area (Å²) in [4.78, 5) is 22.0. The molecular weight excluding hydrogens is 352 g/mol. The van der Waals surface area contributed by atoms with Crippen LogP contribution in [0.5, 0.6) is 5.75 Å². The number of piperazine rings is 1. The molecule has 1 N–H and O–H groups in total. The number of hydrogen-bond acceptors (Lipinski definition) is 7. The maximum Gasteiger partial charge on any atom is 0.254 e. The van der Waals surface area contributed by atoms with Crippen molar-refractivity contribution >= 4 is 23.5 Å². The van der Waals surface area contributed by atoms with Crippen LogP contribution in [0.1, 0.15) is 16.1 Å². The van der Waals surface area contributed by atoms with Gasteiger partial charge in [0.1, 0.15) is 6.26 Å². The lowest BCUT2D eigenvalue weighted by Gasteiger charge is -2.34. The summed E-state index contributed by atoms with van der Waals surface area (Å²) in [5.74, 6) is 1.46. The number of carbonyl (C=O) groups is 1. The number of carbonyl (C=O) groups excluding carboxylic acids is 1. The number of likely N-dealkylation sites (N-methyl/N-ethyl adjacent to an activating group) is 1. The highest BCUT2D eigenvalue weighted by Crippen LogP contribution is 2.37. The van der Waals surface area contributed by atoms with Gasteiger partial charge < -0.3 is 24.3 Å². The van der Waals surface area contributed by atoms with Crippen molar-refractivity contribution in [1.29, 1.82) is 0 Å². The van der Waals surface area contributed by atoms with E-state index in [-0.39, 0.29) is 5.91 Å². The van der Waals surface area contributed by atoms with Gasteiger partial charge in [0.2, 0.25) is 0 Å². The number of methoxy groups -OCH3 is 1. The van der Waals surface area contributed by atoms with Crippen molar-refractivity contribution in [1.82, 2.24) is 15.2 Å². The number of furan rings is 1. The second kappa shape index (κ2) is 8.01. The van der Waals surface area contributed by atoms with Crippen molar-refractivity contribution in [2.45, 2.75) is 16.9 Å². The number of nitrogens with one attached hydrogen (secondary N) is 1. The maximum atomic E-state index is 11.7. The van der Waals surface area contributed by atoms with Gasteiger partial charge in [0.25, 0.3) is 5.91 Å². The minimum absolute atomic E-state index is 0.168. The maximum absolute atomic E-state index is 11.7. The summed E-state index contributed by atoms with van der Waals surface area (Å²) in [6, 6.07) is 3.71. The quantitative estimate of drug-likeness (QED) is 0.858. The van der Waals surface area contributed by atoms with Gasteiger partial charge >= 0.3 is 0 Å². The lowest BCUT2D eigenvalue weighted by molar-refractivity contribution is 0.0962. The summed E-state index contributed by atoms with van der Waals surface area (Å²) in [5.41, 5.74) is 1.41. The fraction of sp³-hybridized carbons (Fsp3) is 0.444. The second-order valence-corrected chi connectivity index (χ2v) is 7.27. The summed E-state index contributed by atoms with van der Waals surface area (Å²) in [5, 5.41) is 3.23. The van der Waals surface area contributed by atoms with Gasteiger partial charge in [0.15, 0.2) is 16.7 Å². The van der Waals surface area contributed by atoms with E-state index in [0.29, 0.717) is 10.7 Å². The molecule has 1 aliphatic rings. The molecule has 0 unspecified atom stereocenters. The summed E-state index contributed by atoms with van der Waals surface area (Å²) in [7, 11) is 5.39. The number of rotatable bonds is 5. The van der Waals surface area contributed by atoms with Crippen molar-refractivity contribution in [3.63, 3.8) is 0 Å². The number of aromatic nitrogens is 1.